The summed E-state index contributed by atoms with van der Waals surface area (Å²) in [4.78, 5) is 15.6. The van der Waals surface area contributed by atoms with Crippen molar-refractivity contribution < 1.29 is 19.7 Å². The molecule has 5 aliphatic rings. The second kappa shape index (κ2) is 8.00. The first-order valence-corrected chi connectivity index (χ1v) is 13.8. The molecule has 1 spiro atoms. The van der Waals surface area contributed by atoms with Gasteiger partial charge < -0.3 is 20.3 Å². The Kier molecular flexibility index (Phi) is 5.15. The van der Waals surface area contributed by atoms with Crippen molar-refractivity contribution in [2.45, 2.75) is 74.1 Å². The van der Waals surface area contributed by atoms with Crippen molar-refractivity contribution in [3.63, 3.8) is 0 Å². The topological polar surface area (TPSA) is 82.0 Å². The first kappa shape index (κ1) is 23.2. The van der Waals surface area contributed by atoms with Gasteiger partial charge in [-0.3, -0.25) is 9.69 Å². The molecule has 0 unspecified atom stereocenters. The number of amides is 1. The Morgan fingerprint density at radius 1 is 1.14 bits per heavy atom. The van der Waals surface area contributed by atoms with E-state index in [0.717, 1.165) is 48.5 Å². The zero-order valence-corrected chi connectivity index (χ0v) is 21.5. The average molecular weight is 529 g/mol. The fourth-order valence-corrected chi connectivity index (χ4v) is 8.04. The number of carbonyl (C=O) groups is 1. The van der Waals surface area contributed by atoms with Gasteiger partial charge in [-0.1, -0.05) is 35.3 Å². The molecule has 190 valence electrons. The highest BCUT2D eigenvalue weighted by Gasteiger charge is 2.73. The summed E-state index contributed by atoms with van der Waals surface area (Å²) in [6.45, 7) is 1.93. The third-order valence-electron chi connectivity index (χ3n) is 9.46. The molecule has 6 nitrogen and oxygen atoms in total. The molecule has 8 heteroatoms. The van der Waals surface area contributed by atoms with Crippen molar-refractivity contribution in [2.75, 3.05) is 13.1 Å². The van der Waals surface area contributed by atoms with Crippen LogP contribution in [0.15, 0.2) is 30.3 Å². The van der Waals surface area contributed by atoms with Crippen LogP contribution in [0.4, 0.5) is 0 Å². The molecule has 0 radical (unpaired) electrons. The minimum absolute atomic E-state index is 0.0220. The number of aliphatic hydroxyl groups is 1. The SMILES string of the molecule is O=C(Cc1ccc(Cl)c(Cl)c1)N[C@@H]1CC[C@@]2(O)[C@H]3Cc4ccc(O)c5c4[C@@]2(CCN3CC2CC2)[C@H]1O5. The molecule has 2 heterocycles. The lowest BCUT2D eigenvalue weighted by Gasteiger charge is -2.64. The van der Waals surface area contributed by atoms with Gasteiger partial charge in [-0.25, -0.2) is 0 Å². The van der Waals surface area contributed by atoms with Crippen LogP contribution in [0.3, 0.4) is 0 Å². The Bertz CT molecular complexity index is 1270. The van der Waals surface area contributed by atoms with E-state index in [9.17, 15) is 15.0 Å². The quantitative estimate of drug-likeness (QED) is 0.546. The Hall–Kier alpha value is -1.99. The van der Waals surface area contributed by atoms with Crippen molar-refractivity contribution in [1.29, 1.82) is 0 Å². The summed E-state index contributed by atoms with van der Waals surface area (Å²) in [5, 5.41) is 27.4. The summed E-state index contributed by atoms with van der Waals surface area (Å²) < 4.78 is 6.52. The number of carbonyl (C=O) groups excluding carboxylic acids is 1. The van der Waals surface area contributed by atoms with Crippen LogP contribution >= 0.6 is 23.2 Å². The maximum absolute atomic E-state index is 13.1. The molecule has 1 saturated heterocycles. The van der Waals surface area contributed by atoms with Crippen LogP contribution in [0.2, 0.25) is 10.0 Å². The van der Waals surface area contributed by atoms with Gasteiger partial charge in [0.15, 0.2) is 11.5 Å². The third-order valence-corrected chi connectivity index (χ3v) is 10.2. The van der Waals surface area contributed by atoms with Gasteiger partial charge in [-0.05, 0) is 80.3 Å². The monoisotopic (exact) mass is 528 g/mol. The first-order chi connectivity index (χ1) is 17.3. The van der Waals surface area contributed by atoms with E-state index >= 15 is 0 Å². The van der Waals surface area contributed by atoms with Gasteiger partial charge in [0.25, 0.3) is 0 Å². The summed E-state index contributed by atoms with van der Waals surface area (Å²) in [5.74, 6) is 1.23. The molecule has 3 N–H and O–H groups in total. The largest absolute Gasteiger partial charge is 0.504 e. The molecule has 2 aromatic carbocycles. The van der Waals surface area contributed by atoms with Crippen LogP contribution in [0, 0.1) is 5.92 Å². The zero-order chi connectivity index (χ0) is 24.8. The number of phenolic OH excluding ortho intramolecular Hbond substituents is 1. The molecule has 7 rings (SSSR count). The first-order valence-electron chi connectivity index (χ1n) is 13.0. The highest BCUT2D eigenvalue weighted by molar-refractivity contribution is 6.42. The molecule has 36 heavy (non-hydrogen) atoms. The second-order valence-corrected chi connectivity index (χ2v) is 12.2. The number of piperidine rings is 1. The van der Waals surface area contributed by atoms with E-state index in [1.165, 1.54) is 12.8 Å². The number of likely N-dealkylation sites (tertiary alicyclic amines) is 1. The van der Waals surface area contributed by atoms with E-state index in [4.69, 9.17) is 27.9 Å². The molecule has 2 bridgehead atoms. The van der Waals surface area contributed by atoms with Gasteiger partial charge in [-0.2, -0.15) is 0 Å². The summed E-state index contributed by atoms with van der Waals surface area (Å²) >= 11 is 12.2. The van der Waals surface area contributed by atoms with Crippen LogP contribution in [-0.2, 0) is 23.1 Å². The Labute approximate surface area is 220 Å². The number of hydrogen-bond donors (Lipinski definition) is 3. The van der Waals surface area contributed by atoms with Crippen LogP contribution in [0.1, 0.15) is 48.8 Å². The number of halogens is 2. The predicted molar refractivity (Wildman–Crippen MR) is 137 cm³/mol. The number of nitrogens with zero attached hydrogens (tertiary/aromatic N) is 1. The van der Waals surface area contributed by atoms with E-state index in [1.807, 2.05) is 6.07 Å². The molecule has 5 atom stereocenters. The van der Waals surface area contributed by atoms with Crippen molar-refractivity contribution >= 4 is 29.1 Å². The Balaban J connectivity index is 1.22. The normalized spacial score (nSPS) is 34.1. The van der Waals surface area contributed by atoms with Gasteiger partial charge in [0.2, 0.25) is 5.91 Å². The molecule has 1 amide bonds. The minimum atomic E-state index is -0.957. The molecule has 2 aromatic rings. The highest BCUT2D eigenvalue weighted by atomic mass is 35.5. The minimum Gasteiger partial charge on any atom is -0.504 e. The smallest absolute Gasteiger partial charge is 0.224 e. The molecule has 2 saturated carbocycles. The standard InChI is InChI=1S/C28H30Cl2N2O4/c29-18-5-3-16(11-19(18)30)12-23(34)31-20-7-8-28(35)22-13-17-4-6-21(33)25-24(17)27(28,26(20)36-25)9-10-32(22)14-15-1-2-15/h3-6,11,15,20,22,26,33,35H,1-2,7-10,12-14H2,(H,31,34)/t20-,22-,26+,27+,28-/m1/s1. The van der Waals surface area contributed by atoms with Crippen molar-refractivity contribution in [3.8, 4) is 11.5 Å². The van der Waals surface area contributed by atoms with E-state index in [-0.39, 0.29) is 30.2 Å². The lowest BCUT2D eigenvalue weighted by atomic mass is 9.48. The molecule has 3 aliphatic carbocycles. The van der Waals surface area contributed by atoms with Crippen molar-refractivity contribution in [3.05, 3.63) is 57.1 Å². The summed E-state index contributed by atoms with van der Waals surface area (Å²) in [5.41, 5.74) is 1.32. The fourth-order valence-electron chi connectivity index (χ4n) is 7.72. The summed E-state index contributed by atoms with van der Waals surface area (Å²) in [6, 6.07) is 8.69. The van der Waals surface area contributed by atoms with Gasteiger partial charge in [0, 0.05) is 18.2 Å². The maximum atomic E-state index is 13.1. The Morgan fingerprint density at radius 2 is 1.97 bits per heavy atom. The molecular formula is C28H30Cl2N2O4. The highest BCUT2D eigenvalue weighted by Crippen LogP contribution is 2.65. The van der Waals surface area contributed by atoms with Gasteiger partial charge >= 0.3 is 0 Å². The molecular weight excluding hydrogens is 499 g/mol. The number of aromatic hydroxyl groups is 1. The summed E-state index contributed by atoms with van der Waals surface area (Å²) in [6.07, 6.45) is 5.03. The summed E-state index contributed by atoms with van der Waals surface area (Å²) in [7, 11) is 0. The van der Waals surface area contributed by atoms with E-state index in [1.54, 1.807) is 24.3 Å². The lowest BCUT2D eigenvalue weighted by Crippen LogP contribution is -2.78. The lowest BCUT2D eigenvalue weighted by molar-refractivity contribution is -0.192. The van der Waals surface area contributed by atoms with Gasteiger partial charge in [-0.15, -0.1) is 0 Å². The maximum Gasteiger partial charge on any atom is 0.224 e. The zero-order valence-electron chi connectivity index (χ0n) is 20.0. The number of nitrogens with one attached hydrogen (secondary N) is 1. The van der Waals surface area contributed by atoms with Crippen LogP contribution in [-0.4, -0.2) is 57.9 Å². The van der Waals surface area contributed by atoms with Crippen LogP contribution < -0.4 is 10.1 Å². The van der Waals surface area contributed by atoms with E-state index in [0.29, 0.717) is 28.6 Å². The number of rotatable bonds is 5. The number of phenols is 1. The molecule has 3 fully saturated rings. The number of benzene rings is 2. The van der Waals surface area contributed by atoms with Crippen molar-refractivity contribution in [1.82, 2.24) is 10.2 Å². The average Bonchev–Trinajstić information content (AvgIpc) is 3.58. The Morgan fingerprint density at radius 3 is 2.75 bits per heavy atom. The van der Waals surface area contributed by atoms with Gasteiger partial charge in [0.05, 0.1) is 33.5 Å². The number of hydrogen-bond acceptors (Lipinski definition) is 5. The fraction of sp³-hybridized carbons (Fsp3) is 0.536. The second-order valence-electron chi connectivity index (χ2n) is 11.4. The van der Waals surface area contributed by atoms with Crippen LogP contribution in [0.25, 0.3) is 0 Å². The number of ether oxygens (including phenoxy) is 1. The molecule has 0 aromatic heterocycles. The van der Waals surface area contributed by atoms with E-state index < -0.39 is 17.1 Å². The molecule has 2 aliphatic heterocycles. The van der Waals surface area contributed by atoms with E-state index in [2.05, 4.69) is 10.2 Å². The van der Waals surface area contributed by atoms with Gasteiger partial charge in [0.1, 0.15) is 6.10 Å². The van der Waals surface area contributed by atoms with Crippen LogP contribution in [0.5, 0.6) is 11.5 Å². The predicted octanol–water partition coefficient (Wildman–Crippen LogP) is 3.99. The third kappa shape index (κ3) is 3.20. The van der Waals surface area contributed by atoms with Crippen molar-refractivity contribution in [2.24, 2.45) is 5.92 Å².